The Morgan fingerprint density at radius 1 is 1.24 bits per heavy atom. The summed E-state index contributed by atoms with van der Waals surface area (Å²) >= 11 is 0. The summed E-state index contributed by atoms with van der Waals surface area (Å²) in [6.07, 6.45) is 0. The van der Waals surface area contributed by atoms with Crippen LogP contribution < -0.4 is 14.8 Å². The Morgan fingerprint density at radius 2 is 1.86 bits per heavy atom. The van der Waals surface area contributed by atoms with Crippen LogP contribution in [0.15, 0.2) is 18.2 Å². The molecule has 0 aliphatic carbocycles. The van der Waals surface area contributed by atoms with Crippen molar-refractivity contribution >= 4 is 0 Å². The number of methoxy groups -OCH3 is 1. The summed E-state index contributed by atoms with van der Waals surface area (Å²) in [5, 5.41) is 3.43. The minimum absolute atomic E-state index is 0.0260. The Labute approximate surface area is 129 Å². The van der Waals surface area contributed by atoms with Gasteiger partial charge in [-0.25, -0.2) is 0 Å². The maximum Gasteiger partial charge on any atom is 0.127 e. The molecule has 1 aromatic rings. The monoisotopic (exact) mass is 294 g/mol. The number of hydrogen-bond donors (Lipinski definition) is 1. The van der Waals surface area contributed by atoms with E-state index in [0.717, 1.165) is 23.6 Å². The van der Waals surface area contributed by atoms with Gasteiger partial charge >= 0.3 is 0 Å². The average Bonchev–Trinajstić information content (AvgIpc) is 2.44. The lowest BCUT2D eigenvalue weighted by atomic mass is 10.0. The third kappa shape index (κ3) is 4.61. The average molecular weight is 294 g/mol. The highest BCUT2D eigenvalue weighted by Gasteiger charge is 2.23. The zero-order valence-corrected chi connectivity index (χ0v) is 14.5. The first-order valence-electron chi connectivity index (χ1n) is 7.54. The van der Waals surface area contributed by atoms with E-state index < -0.39 is 0 Å². The Balaban J connectivity index is 3.01. The smallest absolute Gasteiger partial charge is 0.127 e. The molecule has 1 unspecified atom stereocenters. The molecule has 4 heteroatoms. The fourth-order valence-electron chi connectivity index (χ4n) is 2.05. The van der Waals surface area contributed by atoms with E-state index in [4.69, 9.17) is 9.47 Å². The van der Waals surface area contributed by atoms with Crippen molar-refractivity contribution in [2.45, 2.75) is 39.3 Å². The second-order valence-electron chi connectivity index (χ2n) is 6.15. The molecule has 0 aliphatic rings. The summed E-state index contributed by atoms with van der Waals surface area (Å²) in [7, 11) is 5.83. The molecule has 0 aromatic heterocycles. The third-order valence-corrected chi connectivity index (χ3v) is 3.98. The summed E-state index contributed by atoms with van der Waals surface area (Å²) in [6, 6.07) is 6.15. The van der Waals surface area contributed by atoms with Crippen LogP contribution in [0.25, 0.3) is 0 Å². The molecule has 0 amide bonds. The predicted octanol–water partition coefficient (Wildman–Crippen LogP) is 3.08. The van der Waals surface area contributed by atoms with Crippen molar-refractivity contribution in [3.05, 3.63) is 23.8 Å². The molecule has 0 heterocycles. The van der Waals surface area contributed by atoms with Gasteiger partial charge in [0.25, 0.3) is 0 Å². The van der Waals surface area contributed by atoms with Crippen LogP contribution in [0.2, 0.25) is 0 Å². The van der Waals surface area contributed by atoms with E-state index in [0.29, 0.717) is 6.61 Å². The van der Waals surface area contributed by atoms with Crippen molar-refractivity contribution in [1.29, 1.82) is 0 Å². The van der Waals surface area contributed by atoms with E-state index in [1.165, 1.54) is 0 Å². The highest BCUT2D eigenvalue weighted by molar-refractivity contribution is 5.46. The van der Waals surface area contributed by atoms with Gasteiger partial charge in [-0.15, -0.1) is 0 Å². The number of ether oxygens (including phenoxy) is 2. The number of hydrogen-bond acceptors (Lipinski definition) is 4. The second kappa shape index (κ2) is 7.66. The summed E-state index contributed by atoms with van der Waals surface area (Å²) < 4.78 is 11.6. The van der Waals surface area contributed by atoms with Crippen molar-refractivity contribution in [3.8, 4) is 11.5 Å². The summed E-state index contributed by atoms with van der Waals surface area (Å²) in [5.41, 5.74) is 1.05. The predicted molar refractivity (Wildman–Crippen MR) is 88.3 cm³/mol. The number of rotatable bonds is 8. The largest absolute Gasteiger partial charge is 0.496 e. The number of nitrogens with one attached hydrogen (secondary N) is 1. The lowest BCUT2D eigenvalue weighted by Gasteiger charge is -2.33. The van der Waals surface area contributed by atoms with Crippen LogP contribution in [0.3, 0.4) is 0 Å². The molecule has 0 fully saturated rings. The molecule has 0 radical (unpaired) electrons. The summed E-state index contributed by atoms with van der Waals surface area (Å²) in [4.78, 5) is 2.17. The van der Waals surface area contributed by atoms with Gasteiger partial charge in [-0.05, 0) is 53.5 Å². The minimum Gasteiger partial charge on any atom is -0.496 e. The Kier molecular flexibility index (Phi) is 6.49. The van der Waals surface area contributed by atoms with Crippen LogP contribution >= 0.6 is 0 Å². The standard InChI is InChI=1S/C17H30N2O2/c1-8-18-13(2)16-14(20-7)10-9-11-15(16)21-12-17(3,4)19(5)6/h9-11,13,18H,8,12H2,1-7H3. The van der Waals surface area contributed by atoms with Gasteiger partial charge in [-0.3, -0.25) is 0 Å². The zero-order chi connectivity index (χ0) is 16.0. The molecule has 0 bridgehead atoms. The third-order valence-electron chi connectivity index (χ3n) is 3.98. The Hall–Kier alpha value is -1.26. The van der Waals surface area contributed by atoms with Gasteiger partial charge in [0.1, 0.15) is 18.1 Å². The second-order valence-corrected chi connectivity index (χ2v) is 6.15. The van der Waals surface area contributed by atoms with E-state index in [2.05, 4.69) is 52.0 Å². The van der Waals surface area contributed by atoms with Crippen molar-refractivity contribution in [2.75, 3.05) is 34.4 Å². The van der Waals surface area contributed by atoms with E-state index in [1.807, 2.05) is 18.2 Å². The molecule has 0 saturated carbocycles. The molecule has 1 rings (SSSR count). The number of nitrogens with zero attached hydrogens (tertiary/aromatic N) is 1. The molecular weight excluding hydrogens is 264 g/mol. The highest BCUT2D eigenvalue weighted by atomic mass is 16.5. The first-order valence-corrected chi connectivity index (χ1v) is 7.54. The molecule has 1 N–H and O–H groups in total. The number of benzene rings is 1. The van der Waals surface area contributed by atoms with Crippen LogP contribution in [0, 0.1) is 0 Å². The molecule has 21 heavy (non-hydrogen) atoms. The fraction of sp³-hybridized carbons (Fsp3) is 0.647. The number of likely N-dealkylation sites (N-methyl/N-ethyl adjacent to an activating group) is 1. The van der Waals surface area contributed by atoms with Gasteiger partial charge in [-0.2, -0.15) is 0 Å². The minimum atomic E-state index is -0.0260. The van der Waals surface area contributed by atoms with Gasteiger partial charge in [0, 0.05) is 11.6 Å². The van der Waals surface area contributed by atoms with E-state index in [9.17, 15) is 0 Å². The Morgan fingerprint density at radius 3 is 2.38 bits per heavy atom. The molecular formula is C17H30N2O2. The van der Waals surface area contributed by atoms with Gasteiger partial charge in [0.15, 0.2) is 0 Å². The van der Waals surface area contributed by atoms with Crippen LogP contribution in [-0.2, 0) is 0 Å². The van der Waals surface area contributed by atoms with Crippen LogP contribution in [0.5, 0.6) is 11.5 Å². The molecule has 1 aromatic carbocycles. The first-order chi connectivity index (χ1) is 9.83. The quantitative estimate of drug-likeness (QED) is 0.799. The molecule has 120 valence electrons. The molecule has 0 aliphatic heterocycles. The lowest BCUT2D eigenvalue weighted by molar-refractivity contribution is 0.113. The summed E-state index contributed by atoms with van der Waals surface area (Å²) in [5.74, 6) is 1.75. The van der Waals surface area contributed by atoms with Crippen LogP contribution in [0.4, 0.5) is 0 Å². The van der Waals surface area contributed by atoms with E-state index in [1.54, 1.807) is 7.11 Å². The summed E-state index contributed by atoms with van der Waals surface area (Å²) in [6.45, 7) is 10.1. The first kappa shape index (κ1) is 17.8. The Bertz CT molecular complexity index is 444. The van der Waals surface area contributed by atoms with Crippen molar-refractivity contribution in [1.82, 2.24) is 10.2 Å². The zero-order valence-electron chi connectivity index (χ0n) is 14.5. The molecule has 4 nitrogen and oxygen atoms in total. The SMILES string of the molecule is CCNC(C)c1c(OC)cccc1OCC(C)(C)N(C)C. The van der Waals surface area contributed by atoms with Gasteiger partial charge in [0.2, 0.25) is 0 Å². The maximum atomic E-state index is 6.11. The lowest BCUT2D eigenvalue weighted by Crippen LogP contribution is -2.43. The molecule has 0 saturated heterocycles. The maximum absolute atomic E-state index is 6.11. The normalized spacial score (nSPS) is 13.3. The van der Waals surface area contributed by atoms with E-state index in [-0.39, 0.29) is 11.6 Å². The van der Waals surface area contributed by atoms with Crippen LogP contribution in [-0.4, -0.2) is 44.8 Å². The fourth-order valence-corrected chi connectivity index (χ4v) is 2.05. The topological polar surface area (TPSA) is 33.7 Å². The van der Waals surface area contributed by atoms with E-state index >= 15 is 0 Å². The highest BCUT2D eigenvalue weighted by Crippen LogP contribution is 2.34. The van der Waals surface area contributed by atoms with Crippen molar-refractivity contribution in [2.24, 2.45) is 0 Å². The van der Waals surface area contributed by atoms with Crippen LogP contribution in [0.1, 0.15) is 39.3 Å². The van der Waals surface area contributed by atoms with Gasteiger partial charge < -0.3 is 19.7 Å². The van der Waals surface area contributed by atoms with Crippen molar-refractivity contribution in [3.63, 3.8) is 0 Å². The molecule has 0 spiro atoms. The van der Waals surface area contributed by atoms with Crippen molar-refractivity contribution < 1.29 is 9.47 Å². The molecule has 1 atom stereocenters. The van der Waals surface area contributed by atoms with Gasteiger partial charge in [0.05, 0.1) is 12.7 Å². The van der Waals surface area contributed by atoms with Gasteiger partial charge in [-0.1, -0.05) is 13.0 Å².